The maximum atomic E-state index is 14.5. The van der Waals surface area contributed by atoms with E-state index in [9.17, 15) is 14.0 Å². The number of rotatable bonds is 7. The van der Waals surface area contributed by atoms with Gasteiger partial charge in [-0.05, 0) is 22.6 Å². The molecule has 0 aliphatic carbocycles. The van der Waals surface area contributed by atoms with Crippen LogP contribution in [-0.2, 0) is 11.8 Å². The van der Waals surface area contributed by atoms with Gasteiger partial charge in [-0.15, -0.1) is 5.10 Å². The molecule has 2 amide bonds. The number of aromatic nitrogens is 2. The van der Waals surface area contributed by atoms with Crippen LogP contribution in [0.1, 0.15) is 59.3 Å². The molecular weight excluding hydrogens is 447 g/mol. The second kappa shape index (κ2) is 10.3. The van der Waals surface area contributed by atoms with Crippen LogP contribution in [0.2, 0.25) is 0 Å². The molecule has 4 rings (SSSR count). The third-order valence-corrected chi connectivity index (χ3v) is 6.39. The summed E-state index contributed by atoms with van der Waals surface area (Å²) in [4.78, 5) is 28.1. The molecule has 8 heteroatoms. The normalized spacial score (nSPS) is 18.5. The number of likely N-dealkylation sites (tertiary alicyclic amines) is 1. The van der Waals surface area contributed by atoms with E-state index in [4.69, 9.17) is 4.74 Å². The summed E-state index contributed by atoms with van der Waals surface area (Å²) in [5.74, 6) is -0.347. The van der Waals surface area contributed by atoms with Crippen molar-refractivity contribution in [2.24, 2.45) is 7.05 Å². The number of carbonyl (C=O) groups is 2. The molecule has 35 heavy (non-hydrogen) atoms. The summed E-state index contributed by atoms with van der Waals surface area (Å²) in [7, 11) is 3.08. The van der Waals surface area contributed by atoms with Gasteiger partial charge in [-0.3, -0.25) is 14.3 Å². The minimum absolute atomic E-state index is 0.0616. The molecule has 0 radical (unpaired) electrons. The quantitative estimate of drug-likeness (QED) is 0.557. The van der Waals surface area contributed by atoms with Gasteiger partial charge in [-0.2, -0.15) is 0 Å². The fourth-order valence-corrected chi connectivity index (χ4v) is 4.49. The first-order chi connectivity index (χ1) is 16.8. The molecule has 1 aliphatic heterocycles. The number of ether oxygens (including phenoxy) is 1. The van der Waals surface area contributed by atoms with Crippen molar-refractivity contribution >= 4 is 11.8 Å². The van der Waals surface area contributed by atoms with Crippen LogP contribution >= 0.6 is 0 Å². The van der Waals surface area contributed by atoms with Crippen molar-refractivity contribution in [2.75, 3.05) is 13.7 Å². The van der Waals surface area contributed by atoms with Gasteiger partial charge in [0.05, 0.1) is 19.7 Å². The second-order valence-corrected chi connectivity index (χ2v) is 9.21. The molecule has 2 aromatic carbocycles. The Labute approximate surface area is 204 Å². The first-order valence-electron chi connectivity index (χ1n) is 11.8. The van der Waals surface area contributed by atoms with Gasteiger partial charge in [0.25, 0.3) is 5.91 Å². The Morgan fingerprint density at radius 1 is 1.06 bits per heavy atom. The lowest BCUT2D eigenvalue weighted by Gasteiger charge is -2.27. The Bertz CT molecular complexity index is 1180. The highest BCUT2D eigenvalue weighted by Gasteiger charge is 2.42. The van der Waals surface area contributed by atoms with Gasteiger partial charge < -0.3 is 15.0 Å². The first-order valence-corrected chi connectivity index (χ1v) is 11.8. The van der Waals surface area contributed by atoms with E-state index in [1.54, 1.807) is 7.05 Å². The average molecular weight is 479 g/mol. The lowest BCUT2D eigenvalue weighted by Crippen LogP contribution is -2.47. The van der Waals surface area contributed by atoms with Crippen LogP contribution in [0.3, 0.4) is 0 Å². The molecule has 3 atom stereocenters. The van der Waals surface area contributed by atoms with Crippen LogP contribution < -0.4 is 10.1 Å². The van der Waals surface area contributed by atoms with Gasteiger partial charge in [0.2, 0.25) is 11.8 Å². The maximum absolute atomic E-state index is 14.5. The predicted octanol–water partition coefficient (Wildman–Crippen LogP) is 4.01. The molecule has 1 N–H and O–H groups in total. The number of hydrogen-bond acceptors (Lipinski definition) is 4. The van der Waals surface area contributed by atoms with Crippen molar-refractivity contribution in [3.05, 3.63) is 83.0 Å². The monoisotopic (exact) mass is 478 g/mol. The van der Waals surface area contributed by atoms with Gasteiger partial charge in [0, 0.05) is 19.7 Å². The van der Waals surface area contributed by atoms with Gasteiger partial charge >= 0.3 is 0 Å². The summed E-state index contributed by atoms with van der Waals surface area (Å²) in [6.45, 7) is 4.09. The fraction of sp³-hybridized carbons (Fsp3) is 0.370. The fourth-order valence-electron chi connectivity index (χ4n) is 4.49. The predicted molar refractivity (Wildman–Crippen MR) is 131 cm³/mol. The van der Waals surface area contributed by atoms with E-state index in [2.05, 4.69) is 36.4 Å². The van der Waals surface area contributed by atoms with Crippen molar-refractivity contribution in [3.63, 3.8) is 0 Å². The Balaban J connectivity index is 1.61. The molecule has 0 saturated carbocycles. The number of aryl methyl sites for hydroxylation is 1. The maximum Gasteiger partial charge on any atom is 0.261 e. The molecule has 7 nitrogen and oxygen atoms in total. The number of carbonyl (C=O) groups excluding carboxylic acids is 2. The molecule has 2 heterocycles. The van der Waals surface area contributed by atoms with Crippen LogP contribution in [0.4, 0.5) is 4.39 Å². The minimum atomic E-state index is -1.29. The second-order valence-electron chi connectivity index (χ2n) is 9.21. The molecule has 3 unspecified atom stereocenters. The van der Waals surface area contributed by atoms with Crippen LogP contribution in [0.25, 0.3) is 0 Å². The van der Waals surface area contributed by atoms with E-state index >= 15 is 0 Å². The van der Waals surface area contributed by atoms with Gasteiger partial charge in [-0.1, -0.05) is 68.4 Å². The van der Waals surface area contributed by atoms with Crippen molar-refractivity contribution in [3.8, 4) is 5.88 Å². The third kappa shape index (κ3) is 5.21. The third-order valence-electron chi connectivity index (χ3n) is 6.39. The average Bonchev–Trinajstić information content (AvgIpc) is 3.44. The highest BCUT2D eigenvalue weighted by atomic mass is 19.1. The van der Waals surface area contributed by atoms with E-state index in [0.29, 0.717) is 5.92 Å². The first kappa shape index (κ1) is 24.4. The molecule has 1 saturated heterocycles. The Morgan fingerprint density at radius 2 is 1.69 bits per heavy atom. The summed E-state index contributed by atoms with van der Waals surface area (Å²) in [5, 5.41) is 7.19. The van der Waals surface area contributed by atoms with E-state index in [1.165, 1.54) is 28.5 Å². The molecule has 1 aliphatic rings. The number of halogens is 1. The van der Waals surface area contributed by atoms with E-state index in [-0.39, 0.29) is 24.4 Å². The number of nitrogens with one attached hydrogen (secondary N) is 1. The summed E-state index contributed by atoms with van der Waals surface area (Å²) in [5.41, 5.74) is 3.21. The lowest BCUT2D eigenvalue weighted by molar-refractivity contribution is -0.125. The molecule has 0 bridgehead atoms. The Hall–Kier alpha value is -3.68. The minimum Gasteiger partial charge on any atom is -0.479 e. The number of nitrogens with zero attached hydrogens (tertiary/aromatic N) is 3. The van der Waals surface area contributed by atoms with Crippen molar-refractivity contribution in [2.45, 2.75) is 44.4 Å². The summed E-state index contributed by atoms with van der Waals surface area (Å²) in [6, 6.07) is 16.4. The molecular formula is C27H31FN4O3. The van der Waals surface area contributed by atoms with E-state index < -0.39 is 30.1 Å². The highest BCUT2D eigenvalue weighted by molar-refractivity contribution is 5.99. The standard InChI is InChI=1S/C27H31FN4O3/c1-17(2)18-10-12-20(13-11-18)24(19-8-6-5-7-9-19)29-25(33)23-14-21(28)15-32(23)27(34)22-16-31(3)30-26(22)35-4/h5-13,16-17,21,23-24H,14-15H2,1-4H3,(H,29,33). The van der Waals surface area contributed by atoms with Gasteiger partial charge in [0.15, 0.2) is 0 Å². The molecule has 0 spiro atoms. The molecule has 3 aromatic rings. The SMILES string of the molecule is COc1nn(C)cc1C(=O)N1CC(F)CC1C(=O)NC(c1ccccc1)c1ccc(C(C)C)cc1. The van der Waals surface area contributed by atoms with E-state index in [0.717, 1.165) is 11.1 Å². The van der Waals surface area contributed by atoms with Crippen molar-refractivity contribution in [1.29, 1.82) is 0 Å². The van der Waals surface area contributed by atoms with Crippen LogP contribution in [0.15, 0.2) is 60.8 Å². The molecule has 1 aromatic heterocycles. The van der Waals surface area contributed by atoms with Gasteiger partial charge in [0.1, 0.15) is 17.8 Å². The van der Waals surface area contributed by atoms with Crippen LogP contribution in [0, 0.1) is 0 Å². The summed E-state index contributed by atoms with van der Waals surface area (Å²) < 4.78 is 21.2. The number of amides is 2. The largest absolute Gasteiger partial charge is 0.479 e. The lowest BCUT2D eigenvalue weighted by atomic mass is 9.95. The van der Waals surface area contributed by atoms with E-state index in [1.807, 2.05) is 42.5 Å². The van der Waals surface area contributed by atoms with Crippen molar-refractivity contribution < 1.29 is 18.7 Å². The Kier molecular flexibility index (Phi) is 7.19. The summed E-state index contributed by atoms with van der Waals surface area (Å²) >= 11 is 0. The zero-order valence-corrected chi connectivity index (χ0v) is 20.4. The number of alkyl halides is 1. The zero-order valence-electron chi connectivity index (χ0n) is 20.4. The number of methoxy groups -OCH3 is 1. The zero-order chi connectivity index (χ0) is 25.1. The van der Waals surface area contributed by atoms with Crippen LogP contribution in [-0.4, -0.2) is 52.4 Å². The Morgan fingerprint density at radius 3 is 2.31 bits per heavy atom. The molecule has 1 fully saturated rings. The smallest absolute Gasteiger partial charge is 0.261 e. The van der Waals surface area contributed by atoms with Gasteiger partial charge in [-0.25, -0.2) is 4.39 Å². The van der Waals surface area contributed by atoms with Crippen molar-refractivity contribution in [1.82, 2.24) is 20.0 Å². The number of hydrogen-bond donors (Lipinski definition) is 1. The highest BCUT2D eigenvalue weighted by Crippen LogP contribution is 2.29. The molecule has 184 valence electrons. The number of benzene rings is 2. The summed E-state index contributed by atoms with van der Waals surface area (Å²) in [6.07, 6.45) is 0.163. The van der Waals surface area contributed by atoms with Crippen LogP contribution in [0.5, 0.6) is 5.88 Å². The topological polar surface area (TPSA) is 76.5 Å².